The molecule has 1 atom stereocenters. The first-order valence-corrected chi connectivity index (χ1v) is 8.17. The van der Waals surface area contributed by atoms with Gasteiger partial charge in [0.2, 0.25) is 5.91 Å². The van der Waals surface area contributed by atoms with Gasteiger partial charge in [0.25, 0.3) is 0 Å². The molecule has 0 saturated carbocycles. The van der Waals surface area contributed by atoms with Crippen LogP contribution in [0.5, 0.6) is 5.75 Å². The number of hydrogen-bond donors (Lipinski definition) is 2. The molecule has 152 valence electrons. The van der Waals surface area contributed by atoms with E-state index in [1.54, 1.807) is 0 Å². The number of carbonyl (C=O) groups is 1. The lowest BCUT2D eigenvalue weighted by atomic mass is 10.1. The molecule has 1 aliphatic heterocycles. The zero-order chi connectivity index (χ0) is 20.1. The van der Waals surface area contributed by atoms with Gasteiger partial charge in [0.05, 0.1) is 6.42 Å². The minimum atomic E-state index is -4.82. The Morgan fingerprint density at radius 3 is 2.22 bits per heavy atom. The zero-order valence-electron chi connectivity index (χ0n) is 14.2. The first kappa shape index (κ1) is 21.3. The highest BCUT2D eigenvalue weighted by molar-refractivity contribution is 5.78. The Morgan fingerprint density at radius 1 is 1.11 bits per heavy atom. The number of piperazine rings is 1. The first-order valence-electron chi connectivity index (χ1n) is 8.17. The van der Waals surface area contributed by atoms with Crippen molar-refractivity contribution in [2.45, 2.75) is 25.0 Å². The molecule has 1 heterocycles. The molecule has 5 nitrogen and oxygen atoms in total. The number of amides is 1. The van der Waals surface area contributed by atoms with Gasteiger partial charge in [-0.3, -0.25) is 9.69 Å². The van der Waals surface area contributed by atoms with Crippen LogP contribution in [-0.2, 0) is 11.2 Å². The summed E-state index contributed by atoms with van der Waals surface area (Å²) in [4.78, 5) is 13.2. The average Bonchev–Trinajstić information content (AvgIpc) is 2.55. The van der Waals surface area contributed by atoms with Crippen LogP contribution in [0, 0.1) is 0 Å². The van der Waals surface area contributed by atoms with E-state index in [-0.39, 0.29) is 19.5 Å². The number of halogens is 6. The SMILES string of the molecule is O=C(Cc1ccc(OC(F)(F)F)cc1)NCC(N1CCNCC1)C(F)(F)F. The third-order valence-corrected chi connectivity index (χ3v) is 3.98. The summed E-state index contributed by atoms with van der Waals surface area (Å²) < 4.78 is 79.7. The molecule has 27 heavy (non-hydrogen) atoms. The standard InChI is InChI=1S/C16H19F6N3O2/c17-15(18,19)13(25-7-5-23-6-8-25)10-24-14(26)9-11-1-3-12(4-2-11)27-16(20,21)22/h1-4,13,23H,5-10H2,(H,24,26). The first-order chi connectivity index (χ1) is 12.5. The van der Waals surface area contributed by atoms with E-state index in [1.165, 1.54) is 17.0 Å². The van der Waals surface area contributed by atoms with Crippen molar-refractivity contribution in [3.05, 3.63) is 29.8 Å². The lowest BCUT2D eigenvalue weighted by Crippen LogP contribution is -2.57. The fourth-order valence-electron chi connectivity index (χ4n) is 2.71. The van der Waals surface area contributed by atoms with Gasteiger partial charge in [0.1, 0.15) is 11.8 Å². The maximum atomic E-state index is 13.2. The van der Waals surface area contributed by atoms with Crippen molar-refractivity contribution in [1.82, 2.24) is 15.5 Å². The van der Waals surface area contributed by atoms with Gasteiger partial charge in [0, 0.05) is 32.7 Å². The second-order valence-corrected chi connectivity index (χ2v) is 6.02. The summed E-state index contributed by atoms with van der Waals surface area (Å²) in [6.07, 6.45) is -9.56. The number of rotatable bonds is 6. The van der Waals surface area contributed by atoms with Gasteiger partial charge in [-0.2, -0.15) is 13.2 Å². The van der Waals surface area contributed by atoms with Crippen LogP contribution in [0.4, 0.5) is 26.3 Å². The van der Waals surface area contributed by atoms with E-state index in [2.05, 4.69) is 15.4 Å². The summed E-state index contributed by atoms with van der Waals surface area (Å²) in [5.41, 5.74) is 0.354. The van der Waals surface area contributed by atoms with Crippen molar-refractivity contribution in [2.24, 2.45) is 0 Å². The molecule has 1 aromatic rings. The molecule has 11 heteroatoms. The van der Waals surface area contributed by atoms with E-state index in [1.807, 2.05) is 0 Å². The third-order valence-electron chi connectivity index (χ3n) is 3.98. The van der Waals surface area contributed by atoms with Crippen molar-refractivity contribution in [1.29, 1.82) is 0 Å². The highest BCUT2D eigenvalue weighted by atomic mass is 19.4. The second kappa shape index (κ2) is 8.79. The van der Waals surface area contributed by atoms with Gasteiger partial charge in [-0.25, -0.2) is 0 Å². The van der Waals surface area contributed by atoms with Crippen molar-refractivity contribution < 1.29 is 35.9 Å². The Hall–Kier alpha value is -2.01. The summed E-state index contributed by atoms with van der Waals surface area (Å²) in [6, 6.07) is 2.78. The van der Waals surface area contributed by atoms with Gasteiger partial charge in [0.15, 0.2) is 0 Å². The summed E-state index contributed by atoms with van der Waals surface area (Å²) in [6.45, 7) is 0.735. The summed E-state index contributed by atoms with van der Waals surface area (Å²) >= 11 is 0. The average molecular weight is 399 g/mol. The van der Waals surface area contributed by atoms with Crippen LogP contribution in [0.2, 0.25) is 0 Å². The monoisotopic (exact) mass is 399 g/mol. The van der Waals surface area contributed by atoms with E-state index >= 15 is 0 Å². The molecule has 0 bridgehead atoms. The Labute approximate surface area is 151 Å². The normalized spacial score (nSPS) is 17.4. The lowest BCUT2D eigenvalue weighted by Gasteiger charge is -2.35. The van der Waals surface area contributed by atoms with Gasteiger partial charge in [-0.1, -0.05) is 12.1 Å². The molecule has 1 unspecified atom stereocenters. The Morgan fingerprint density at radius 2 is 1.70 bits per heavy atom. The molecular formula is C16H19F6N3O2. The number of carbonyl (C=O) groups excluding carboxylic acids is 1. The number of hydrogen-bond acceptors (Lipinski definition) is 4. The summed E-state index contributed by atoms with van der Waals surface area (Å²) in [5, 5.41) is 5.22. The molecule has 1 saturated heterocycles. The number of ether oxygens (including phenoxy) is 1. The molecule has 2 rings (SSSR count). The molecule has 0 aromatic heterocycles. The molecule has 2 N–H and O–H groups in total. The summed E-state index contributed by atoms with van der Waals surface area (Å²) in [5.74, 6) is -1.09. The minimum Gasteiger partial charge on any atom is -0.406 e. The largest absolute Gasteiger partial charge is 0.573 e. The number of alkyl halides is 6. The maximum absolute atomic E-state index is 13.2. The molecule has 1 aromatic carbocycles. The predicted octanol–water partition coefficient (Wildman–Crippen LogP) is 2.08. The molecule has 0 aliphatic carbocycles. The number of nitrogens with one attached hydrogen (secondary N) is 2. The predicted molar refractivity (Wildman–Crippen MR) is 84.1 cm³/mol. The number of nitrogens with zero attached hydrogens (tertiary/aromatic N) is 1. The van der Waals surface area contributed by atoms with E-state index in [9.17, 15) is 31.1 Å². The molecular weight excluding hydrogens is 380 g/mol. The molecule has 1 fully saturated rings. The van der Waals surface area contributed by atoms with E-state index < -0.39 is 36.8 Å². The van der Waals surface area contributed by atoms with Gasteiger partial charge in [-0.15, -0.1) is 13.2 Å². The van der Waals surface area contributed by atoms with Crippen LogP contribution < -0.4 is 15.4 Å². The quantitative estimate of drug-likeness (QED) is 0.720. The Kier molecular flexibility index (Phi) is 6.93. The Balaban J connectivity index is 1.88. The van der Waals surface area contributed by atoms with Crippen LogP contribution in [0.1, 0.15) is 5.56 Å². The maximum Gasteiger partial charge on any atom is 0.573 e. The van der Waals surface area contributed by atoms with E-state index in [4.69, 9.17) is 0 Å². The van der Waals surface area contributed by atoms with Crippen LogP contribution in [0.3, 0.4) is 0 Å². The van der Waals surface area contributed by atoms with E-state index in [0.717, 1.165) is 12.1 Å². The molecule has 1 amide bonds. The second-order valence-electron chi connectivity index (χ2n) is 6.02. The van der Waals surface area contributed by atoms with Crippen LogP contribution in [0.15, 0.2) is 24.3 Å². The highest BCUT2D eigenvalue weighted by Gasteiger charge is 2.43. The zero-order valence-corrected chi connectivity index (χ0v) is 14.2. The fourth-order valence-corrected chi connectivity index (χ4v) is 2.71. The van der Waals surface area contributed by atoms with Crippen LogP contribution in [-0.4, -0.2) is 62.1 Å². The van der Waals surface area contributed by atoms with Crippen molar-refractivity contribution >= 4 is 5.91 Å². The highest BCUT2D eigenvalue weighted by Crippen LogP contribution is 2.25. The van der Waals surface area contributed by atoms with Gasteiger partial charge in [-0.05, 0) is 17.7 Å². The van der Waals surface area contributed by atoms with Gasteiger partial charge >= 0.3 is 12.5 Å². The summed E-state index contributed by atoms with van der Waals surface area (Å²) in [7, 11) is 0. The van der Waals surface area contributed by atoms with Crippen LogP contribution >= 0.6 is 0 Å². The molecule has 0 spiro atoms. The smallest absolute Gasteiger partial charge is 0.406 e. The Bertz CT molecular complexity index is 612. The number of benzene rings is 1. The van der Waals surface area contributed by atoms with Crippen molar-refractivity contribution in [2.75, 3.05) is 32.7 Å². The van der Waals surface area contributed by atoms with Crippen molar-refractivity contribution in [3.8, 4) is 5.75 Å². The van der Waals surface area contributed by atoms with Crippen molar-refractivity contribution in [3.63, 3.8) is 0 Å². The van der Waals surface area contributed by atoms with Gasteiger partial charge < -0.3 is 15.4 Å². The van der Waals surface area contributed by atoms with Crippen LogP contribution in [0.25, 0.3) is 0 Å². The minimum absolute atomic E-state index is 0.223. The third kappa shape index (κ3) is 7.25. The lowest BCUT2D eigenvalue weighted by molar-refractivity contribution is -0.274. The molecule has 0 radical (unpaired) electrons. The topological polar surface area (TPSA) is 53.6 Å². The van der Waals surface area contributed by atoms with E-state index in [0.29, 0.717) is 18.7 Å². The molecule has 1 aliphatic rings. The fraction of sp³-hybridized carbons (Fsp3) is 0.562.